The summed E-state index contributed by atoms with van der Waals surface area (Å²) in [6, 6.07) is 0. The lowest BCUT2D eigenvalue weighted by atomic mass is 10.0. The zero-order chi connectivity index (χ0) is 12.7. The average Bonchev–Trinajstić information content (AvgIpc) is 2.79. The first-order valence-corrected chi connectivity index (χ1v) is 6.05. The summed E-state index contributed by atoms with van der Waals surface area (Å²) in [5.74, 6) is 0.696. The van der Waals surface area contributed by atoms with E-state index in [4.69, 9.17) is 5.73 Å². The minimum Gasteiger partial charge on any atom is -0.341 e. The summed E-state index contributed by atoms with van der Waals surface area (Å²) in [6.45, 7) is 3.44. The highest BCUT2D eigenvalue weighted by Gasteiger charge is 2.11. The molecular formula is C12H22N4O. The summed E-state index contributed by atoms with van der Waals surface area (Å²) in [6.07, 6.45) is 6.03. The van der Waals surface area contributed by atoms with Gasteiger partial charge in [-0.15, -0.1) is 0 Å². The number of hydrogen-bond acceptors (Lipinski definition) is 3. The normalized spacial score (nSPS) is 12.4. The van der Waals surface area contributed by atoms with Crippen LogP contribution in [-0.4, -0.2) is 34.6 Å². The first-order chi connectivity index (χ1) is 8.13. The predicted octanol–water partition coefficient (Wildman–Crippen LogP) is 1.13. The topological polar surface area (TPSA) is 75.0 Å². The summed E-state index contributed by atoms with van der Waals surface area (Å²) in [4.78, 5) is 13.6. The first-order valence-electron chi connectivity index (χ1n) is 6.05. The Labute approximate surface area is 102 Å². The summed E-state index contributed by atoms with van der Waals surface area (Å²) in [7, 11) is 1.82. The maximum atomic E-state index is 11.8. The predicted molar refractivity (Wildman–Crippen MR) is 67.1 cm³/mol. The molecule has 0 radical (unpaired) electrons. The van der Waals surface area contributed by atoms with Crippen molar-refractivity contribution in [2.24, 2.45) is 11.7 Å². The maximum absolute atomic E-state index is 11.8. The molecule has 0 aliphatic rings. The number of hydrogen-bond donors (Lipinski definition) is 2. The number of aromatic amines is 1. The Balaban J connectivity index is 2.27. The Bertz CT molecular complexity index is 323. The van der Waals surface area contributed by atoms with Gasteiger partial charge in [-0.3, -0.25) is 9.89 Å². The number of nitrogens with one attached hydrogen (secondary N) is 1. The van der Waals surface area contributed by atoms with E-state index >= 15 is 0 Å². The molecule has 0 aliphatic heterocycles. The molecule has 3 N–H and O–H groups in total. The molecule has 0 aliphatic carbocycles. The van der Waals surface area contributed by atoms with E-state index in [1.54, 1.807) is 17.3 Å². The first kappa shape index (κ1) is 13.7. The van der Waals surface area contributed by atoms with Gasteiger partial charge in [-0.25, -0.2) is 0 Å². The number of carbonyl (C=O) groups excluding carboxylic acids is 1. The van der Waals surface area contributed by atoms with Gasteiger partial charge in [0.25, 0.3) is 0 Å². The number of rotatable bonds is 7. The molecule has 1 heterocycles. The molecule has 0 saturated heterocycles. The molecule has 0 aromatic carbocycles. The lowest BCUT2D eigenvalue weighted by Gasteiger charge is -2.17. The van der Waals surface area contributed by atoms with Crippen molar-refractivity contribution in [3.63, 3.8) is 0 Å². The van der Waals surface area contributed by atoms with Crippen molar-refractivity contribution in [3.8, 4) is 0 Å². The number of H-pyrrole nitrogens is 1. The second-order valence-corrected chi connectivity index (χ2v) is 4.58. The Morgan fingerprint density at radius 3 is 2.94 bits per heavy atom. The van der Waals surface area contributed by atoms with E-state index in [0.29, 0.717) is 25.4 Å². The largest absolute Gasteiger partial charge is 0.341 e. The third kappa shape index (κ3) is 4.99. The average molecular weight is 238 g/mol. The Kier molecular flexibility index (Phi) is 5.69. The number of nitrogens with zero attached hydrogens (tertiary/aromatic N) is 2. The molecule has 0 saturated carbocycles. The van der Waals surface area contributed by atoms with Gasteiger partial charge in [0, 0.05) is 31.8 Å². The van der Waals surface area contributed by atoms with Gasteiger partial charge in [0.15, 0.2) is 0 Å². The summed E-state index contributed by atoms with van der Waals surface area (Å²) in [5.41, 5.74) is 6.50. The molecule has 5 heteroatoms. The fraction of sp³-hybridized carbons (Fsp3) is 0.667. The van der Waals surface area contributed by atoms with E-state index in [2.05, 4.69) is 17.1 Å². The van der Waals surface area contributed by atoms with Crippen LogP contribution in [-0.2, 0) is 11.3 Å². The summed E-state index contributed by atoms with van der Waals surface area (Å²) >= 11 is 0. The fourth-order valence-corrected chi connectivity index (χ4v) is 1.72. The van der Waals surface area contributed by atoms with E-state index in [0.717, 1.165) is 18.4 Å². The Morgan fingerprint density at radius 1 is 1.59 bits per heavy atom. The molecule has 0 fully saturated rings. The van der Waals surface area contributed by atoms with Crippen molar-refractivity contribution in [2.75, 3.05) is 13.6 Å². The van der Waals surface area contributed by atoms with E-state index in [1.165, 1.54) is 0 Å². The van der Waals surface area contributed by atoms with Crippen LogP contribution >= 0.6 is 0 Å². The summed E-state index contributed by atoms with van der Waals surface area (Å²) in [5, 5.41) is 6.60. The molecule has 1 rings (SSSR count). The second kappa shape index (κ2) is 7.06. The van der Waals surface area contributed by atoms with Crippen molar-refractivity contribution in [3.05, 3.63) is 18.0 Å². The third-order valence-corrected chi connectivity index (χ3v) is 2.91. The van der Waals surface area contributed by atoms with Crippen molar-refractivity contribution in [1.82, 2.24) is 15.1 Å². The molecule has 1 unspecified atom stereocenters. The minimum absolute atomic E-state index is 0.176. The molecule has 0 spiro atoms. The molecule has 1 aromatic rings. The van der Waals surface area contributed by atoms with Gasteiger partial charge in [-0.05, 0) is 25.3 Å². The van der Waals surface area contributed by atoms with Crippen LogP contribution in [0, 0.1) is 5.92 Å². The van der Waals surface area contributed by atoms with Crippen LogP contribution in [0.5, 0.6) is 0 Å². The number of nitrogens with two attached hydrogens (primary N) is 1. The molecular weight excluding hydrogens is 216 g/mol. The molecule has 0 bridgehead atoms. The minimum atomic E-state index is 0.176. The van der Waals surface area contributed by atoms with Gasteiger partial charge in [0.05, 0.1) is 6.20 Å². The number of amides is 1. The van der Waals surface area contributed by atoms with E-state index < -0.39 is 0 Å². The van der Waals surface area contributed by atoms with Gasteiger partial charge in [0.1, 0.15) is 0 Å². The van der Waals surface area contributed by atoms with Crippen LogP contribution in [0.15, 0.2) is 12.4 Å². The van der Waals surface area contributed by atoms with Crippen molar-refractivity contribution in [2.45, 2.75) is 32.7 Å². The van der Waals surface area contributed by atoms with Crippen LogP contribution in [0.2, 0.25) is 0 Å². The lowest BCUT2D eigenvalue weighted by Crippen LogP contribution is -2.26. The summed E-state index contributed by atoms with van der Waals surface area (Å²) < 4.78 is 0. The fourth-order valence-electron chi connectivity index (χ4n) is 1.72. The van der Waals surface area contributed by atoms with Crippen molar-refractivity contribution >= 4 is 5.91 Å². The SMILES string of the molecule is CC(CCN)CCC(=O)N(C)Cc1cn[nH]c1. The molecule has 1 atom stereocenters. The quantitative estimate of drug-likeness (QED) is 0.747. The molecule has 5 nitrogen and oxygen atoms in total. The molecule has 1 amide bonds. The molecule has 17 heavy (non-hydrogen) atoms. The van der Waals surface area contributed by atoms with Gasteiger partial charge < -0.3 is 10.6 Å². The van der Waals surface area contributed by atoms with Crippen LogP contribution in [0.4, 0.5) is 0 Å². The van der Waals surface area contributed by atoms with Gasteiger partial charge in [-0.1, -0.05) is 6.92 Å². The number of aromatic nitrogens is 2. The van der Waals surface area contributed by atoms with Crippen LogP contribution in [0.3, 0.4) is 0 Å². The Morgan fingerprint density at radius 2 is 2.35 bits per heavy atom. The van der Waals surface area contributed by atoms with E-state index in [-0.39, 0.29) is 5.91 Å². The highest BCUT2D eigenvalue weighted by molar-refractivity contribution is 5.75. The van der Waals surface area contributed by atoms with Crippen LogP contribution in [0.25, 0.3) is 0 Å². The zero-order valence-electron chi connectivity index (χ0n) is 10.6. The number of carbonyl (C=O) groups is 1. The highest BCUT2D eigenvalue weighted by atomic mass is 16.2. The molecule has 96 valence electrons. The van der Waals surface area contributed by atoms with Crippen molar-refractivity contribution in [1.29, 1.82) is 0 Å². The monoisotopic (exact) mass is 238 g/mol. The van der Waals surface area contributed by atoms with Gasteiger partial charge in [0.2, 0.25) is 5.91 Å². The van der Waals surface area contributed by atoms with Gasteiger partial charge in [-0.2, -0.15) is 5.10 Å². The Hall–Kier alpha value is -1.36. The van der Waals surface area contributed by atoms with E-state index in [1.807, 2.05) is 7.05 Å². The molecule has 1 aromatic heterocycles. The third-order valence-electron chi connectivity index (χ3n) is 2.91. The van der Waals surface area contributed by atoms with Gasteiger partial charge >= 0.3 is 0 Å². The van der Waals surface area contributed by atoms with Crippen LogP contribution in [0.1, 0.15) is 31.7 Å². The smallest absolute Gasteiger partial charge is 0.222 e. The zero-order valence-corrected chi connectivity index (χ0v) is 10.6. The highest BCUT2D eigenvalue weighted by Crippen LogP contribution is 2.11. The lowest BCUT2D eigenvalue weighted by molar-refractivity contribution is -0.130. The maximum Gasteiger partial charge on any atom is 0.222 e. The second-order valence-electron chi connectivity index (χ2n) is 4.58. The standard InChI is InChI=1S/C12H22N4O/c1-10(5-6-13)3-4-12(17)16(2)9-11-7-14-15-8-11/h7-8,10H,3-6,9,13H2,1-2H3,(H,14,15). The van der Waals surface area contributed by atoms with E-state index in [9.17, 15) is 4.79 Å². The van der Waals surface area contributed by atoms with Crippen molar-refractivity contribution < 1.29 is 4.79 Å². The van der Waals surface area contributed by atoms with Crippen LogP contribution < -0.4 is 5.73 Å².